The fourth-order valence-electron chi connectivity index (χ4n) is 11.0. The van der Waals surface area contributed by atoms with Gasteiger partial charge in [0.15, 0.2) is 12.6 Å². The topological polar surface area (TPSA) is 228 Å². The predicted octanol–water partition coefficient (Wildman–Crippen LogP) is 13.3. The quantitative estimate of drug-likeness (QED) is 0.0204. The first-order valence-corrected chi connectivity index (χ1v) is 34.0. The van der Waals surface area contributed by atoms with Crippen molar-refractivity contribution in [2.45, 2.75) is 351 Å². The third-order valence-electron chi connectivity index (χ3n) is 16.5. The normalized spacial score (nSPS) is 24.2. The van der Waals surface area contributed by atoms with E-state index in [0.717, 1.165) is 64.2 Å². The molecule has 0 saturated carbocycles. The van der Waals surface area contributed by atoms with Crippen LogP contribution in [-0.4, -0.2) is 140 Å². The second kappa shape index (κ2) is 53.9. The summed E-state index contributed by atoms with van der Waals surface area (Å²) in [6, 6.07) is -0.917. The van der Waals surface area contributed by atoms with Crippen LogP contribution in [0, 0.1) is 0 Å². The summed E-state index contributed by atoms with van der Waals surface area (Å²) in [7, 11) is 0. The van der Waals surface area contributed by atoms with Gasteiger partial charge in [0, 0.05) is 6.42 Å². The molecule has 2 aliphatic rings. The SMILES string of the molecule is CC/C=C\C/C=C\C/C=C\C/C=C\CCCCCCCCCCCCCCCCCCC(=O)NC(COC1OC(CO)C(OC2OC(CO)C(O)C(O)C2O)C(O)C1O)C(O)/C=C/CCCCCCCCCCCCCCCCCCCC. The Morgan fingerprint density at radius 3 is 1.28 bits per heavy atom. The van der Waals surface area contributed by atoms with E-state index in [4.69, 9.17) is 18.9 Å². The van der Waals surface area contributed by atoms with Crippen molar-refractivity contribution < 1.29 is 64.6 Å². The molecule has 2 heterocycles. The van der Waals surface area contributed by atoms with Crippen molar-refractivity contribution in [3.63, 3.8) is 0 Å². The van der Waals surface area contributed by atoms with Crippen molar-refractivity contribution in [3.05, 3.63) is 60.8 Å². The van der Waals surface area contributed by atoms with Gasteiger partial charge in [-0.3, -0.25) is 4.79 Å². The number of carbonyl (C=O) groups is 1. The van der Waals surface area contributed by atoms with Gasteiger partial charge in [0.05, 0.1) is 32.0 Å². The lowest BCUT2D eigenvalue weighted by molar-refractivity contribution is -0.359. The first kappa shape index (κ1) is 76.8. The zero-order chi connectivity index (χ0) is 60.2. The summed E-state index contributed by atoms with van der Waals surface area (Å²) >= 11 is 0. The molecule has 2 rings (SSSR count). The average Bonchev–Trinajstić information content (AvgIpc) is 3.65. The molecular formula is C69H125NO13. The van der Waals surface area contributed by atoms with Crippen LogP contribution in [0.25, 0.3) is 0 Å². The maximum atomic E-state index is 13.3. The van der Waals surface area contributed by atoms with Crippen molar-refractivity contribution in [2.75, 3.05) is 19.8 Å². The van der Waals surface area contributed by atoms with Crippen molar-refractivity contribution in [1.82, 2.24) is 5.32 Å². The Kier molecular flexibility index (Phi) is 49.9. The molecule has 0 radical (unpaired) electrons. The minimum atomic E-state index is -1.79. The van der Waals surface area contributed by atoms with Crippen LogP contribution in [0.2, 0.25) is 0 Å². The predicted molar refractivity (Wildman–Crippen MR) is 337 cm³/mol. The number of hydrogen-bond acceptors (Lipinski definition) is 13. The Bertz CT molecular complexity index is 1620. The lowest BCUT2D eigenvalue weighted by Crippen LogP contribution is -2.65. The summed E-state index contributed by atoms with van der Waals surface area (Å²) in [6.45, 7) is 2.72. The lowest BCUT2D eigenvalue weighted by Gasteiger charge is -2.46. The molecule has 12 unspecified atom stereocenters. The fraction of sp³-hybridized carbons (Fsp3) is 0.841. The molecule has 484 valence electrons. The number of amides is 1. The summed E-state index contributed by atoms with van der Waals surface area (Å²) in [4.78, 5) is 13.3. The number of unbranched alkanes of at least 4 members (excludes halogenated alkanes) is 34. The Morgan fingerprint density at radius 2 is 0.831 bits per heavy atom. The third-order valence-corrected chi connectivity index (χ3v) is 16.5. The van der Waals surface area contributed by atoms with E-state index < -0.39 is 86.8 Å². The zero-order valence-corrected chi connectivity index (χ0v) is 52.4. The van der Waals surface area contributed by atoms with E-state index in [0.29, 0.717) is 6.42 Å². The number of aliphatic hydroxyl groups excluding tert-OH is 8. The van der Waals surface area contributed by atoms with E-state index in [9.17, 15) is 45.6 Å². The number of allylic oxidation sites excluding steroid dienone is 9. The zero-order valence-electron chi connectivity index (χ0n) is 52.4. The van der Waals surface area contributed by atoms with Gasteiger partial charge >= 0.3 is 0 Å². The second-order valence-electron chi connectivity index (χ2n) is 23.9. The minimum Gasteiger partial charge on any atom is -0.394 e. The van der Waals surface area contributed by atoms with Crippen LogP contribution < -0.4 is 5.32 Å². The van der Waals surface area contributed by atoms with Gasteiger partial charge in [-0.2, -0.15) is 0 Å². The van der Waals surface area contributed by atoms with Gasteiger partial charge in [0.25, 0.3) is 0 Å². The molecule has 0 spiro atoms. The summed E-state index contributed by atoms with van der Waals surface area (Å²) < 4.78 is 22.8. The van der Waals surface area contributed by atoms with Crippen LogP contribution in [0.5, 0.6) is 0 Å². The summed E-state index contributed by atoms with van der Waals surface area (Å²) in [5.41, 5.74) is 0. The molecule has 9 N–H and O–H groups in total. The van der Waals surface area contributed by atoms with E-state index in [1.807, 2.05) is 6.08 Å². The van der Waals surface area contributed by atoms with Crippen LogP contribution in [-0.2, 0) is 23.7 Å². The van der Waals surface area contributed by atoms with Crippen molar-refractivity contribution in [3.8, 4) is 0 Å². The Hall–Kier alpha value is -2.31. The number of nitrogens with one attached hydrogen (secondary N) is 1. The molecule has 14 heteroatoms. The lowest BCUT2D eigenvalue weighted by atomic mass is 9.97. The highest BCUT2D eigenvalue weighted by atomic mass is 16.7. The Morgan fingerprint density at radius 1 is 0.446 bits per heavy atom. The van der Waals surface area contributed by atoms with E-state index in [1.165, 1.54) is 186 Å². The number of hydrogen-bond donors (Lipinski definition) is 9. The van der Waals surface area contributed by atoms with Crippen LogP contribution in [0.4, 0.5) is 0 Å². The van der Waals surface area contributed by atoms with Crippen molar-refractivity contribution >= 4 is 5.91 Å². The molecule has 0 aromatic rings. The molecule has 2 saturated heterocycles. The second-order valence-corrected chi connectivity index (χ2v) is 23.9. The van der Waals surface area contributed by atoms with Crippen molar-refractivity contribution in [2.24, 2.45) is 0 Å². The third kappa shape index (κ3) is 38.6. The smallest absolute Gasteiger partial charge is 0.220 e. The van der Waals surface area contributed by atoms with E-state index in [1.54, 1.807) is 6.08 Å². The Labute approximate surface area is 505 Å². The highest BCUT2D eigenvalue weighted by Crippen LogP contribution is 2.30. The highest BCUT2D eigenvalue weighted by molar-refractivity contribution is 5.76. The van der Waals surface area contributed by atoms with Crippen LogP contribution in [0.15, 0.2) is 60.8 Å². The molecular weight excluding hydrogens is 1050 g/mol. The monoisotopic (exact) mass is 1180 g/mol. The van der Waals surface area contributed by atoms with E-state index in [2.05, 4.69) is 67.8 Å². The maximum Gasteiger partial charge on any atom is 0.220 e. The molecule has 0 aromatic heterocycles. The molecule has 1 amide bonds. The average molecular weight is 1180 g/mol. The van der Waals surface area contributed by atoms with Gasteiger partial charge < -0.3 is 65.1 Å². The van der Waals surface area contributed by atoms with Crippen LogP contribution in [0.3, 0.4) is 0 Å². The van der Waals surface area contributed by atoms with Gasteiger partial charge in [-0.05, 0) is 57.8 Å². The standard InChI is InChI=1S/C69H125NO13/c1-3-5-7-9-11-13-15-17-19-21-23-25-26-27-28-29-30-31-32-33-35-37-39-41-43-45-47-49-51-53-61(74)70-57(58(73)52-50-48-46-44-42-40-38-36-34-24-22-20-18-16-14-12-10-8-6-4-2)56-80-68-66(79)64(77)67(60(55-72)82-68)83-69-65(78)63(76)62(75)59(54-71)81-69/h5,7,11,13,17,19,23,25,50,52,57-60,62-69,71-73,75-79H,3-4,6,8-10,12,14-16,18,20-22,24,26-49,51,53-56H2,1-2H3,(H,70,74)/b7-5-,13-11-,19-17-,25-23-,52-50+. The van der Waals surface area contributed by atoms with Crippen LogP contribution >= 0.6 is 0 Å². The molecule has 0 aliphatic carbocycles. The first-order chi connectivity index (χ1) is 40.6. The van der Waals surface area contributed by atoms with Gasteiger partial charge in [-0.25, -0.2) is 0 Å². The van der Waals surface area contributed by atoms with E-state index >= 15 is 0 Å². The van der Waals surface area contributed by atoms with Crippen LogP contribution in [0.1, 0.15) is 277 Å². The van der Waals surface area contributed by atoms with E-state index in [-0.39, 0.29) is 18.9 Å². The van der Waals surface area contributed by atoms with Gasteiger partial charge in [-0.15, -0.1) is 0 Å². The number of ether oxygens (including phenoxy) is 4. The molecule has 2 fully saturated rings. The first-order valence-electron chi connectivity index (χ1n) is 34.0. The largest absolute Gasteiger partial charge is 0.394 e. The van der Waals surface area contributed by atoms with Gasteiger partial charge in [0.1, 0.15) is 48.8 Å². The molecule has 2 aliphatic heterocycles. The summed E-state index contributed by atoms with van der Waals surface area (Å²) in [6.07, 6.45) is 54.1. The molecule has 14 nitrogen and oxygen atoms in total. The molecule has 0 aromatic carbocycles. The Balaban J connectivity index is 1.68. The summed E-state index contributed by atoms with van der Waals surface area (Å²) in [5, 5.41) is 87.4. The van der Waals surface area contributed by atoms with Crippen molar-refractivity contribution in [1.29, 1.82) is 0 Å². The maximum absolute atomic E-state index is 13.3. The number of aliphatic hydroxyl groups is 8. The number of carbonyl (C=O) groups excluding carboxylic acids is 1. The molecule has 12 atom stereocenters. The number of rotatable bonds is 55. The highest BCUT2D eigenvalue weighted by Gasteiger charge is 2.51. The molecule has 0 bridgehead atoms. The minimum absolute atomic E-state index is 0.237. The molecule has 83 heavy (non-hydrogen) atoms. The summed E-state index contributed by atoms with van der Waals surface area (Å²) in [5.74, 6) is -0.237. The van der Waals surface area contributed by atoms with Gasteiger partial charge in [0.2, 0.25) is 5.91 Å². The fourth-order valence-corrected chi connectivity index (χ4v) is 11.0. The van der Waals surface area contributed by atoms with Gasteiger partial charge in [-0.1, -0.05) is 274 Å².